The summed E-state index contributed by atoms with van der Waals surface area (Å²) < 4.78 is 1.37. The minimum Gasteiger partial charge on any atom is -0.396 e. The fourth-order valence-corrected chi connectivity index (χ4v) is 4.53. The second kappa shape index (κ2) is 6.91. The summed E-state index contributed by atoms with van der Waals surface area (Å²) >= 11 is 1.89. The lowest BCUT2D eigenvalue weighted by atomic mass is 9.79. The van der Waals surface area contributed by atoms with Crippen molar-refractivity contribution in [1.29, 1.82) is 0 Å². The number of rotatable bonds is 5. The first-order valence-corrected chi connectivity index (χ1v) is 8.92. The number of nitrogens with one attached hydrogen (secondary N) is 1. The first kappa shape index (κ1) is 15.0. The molecule has 3 heteroatoms. The molecule has 1 aromatic heterocycles. The van der Waals surface area contributed by atoms with Gasteiger partial charge in [-0.25, -0.2) is 0 Å². The number of aliphatic hydroxyl groups is 1. The van der Waals surface area contributed by atoms with E-state index in [1.165, 1.54) is 40.6 Å². The number of aliphatic hydroxyl groups excluding tert-OH is 1. The maximum Gasteiger partial charge on any atom is 0.0462 e. The van der Waals surface area contributed by atoms with Crippen molar-refractivity contribution in [2.45, 2.75) is 38.6 Å². The van der Waals surface area contributed by atoms with Gasteiger partial charge in [0.15, 0.2) is 0 Å². The van der Waals surface area contributed by atoms with Crippen LogP contribution in [0.15, 0.2) is 30.3 Å². The quantitative estimate of drug-likeness (QED) is 0.860. The molecule has 21 heavy (non-hydrogen) atoms. The lowest BCUT2D eigenvalue weighted by Crippen LogP contribution is -2.33. The van der Waals surface area contributed by atoms with Crippen LogP contribution in [0.25, 0.3) is 10.1 Å². The first-order chi connectivity index (χ1) is 10.3. The fourth-order valence-electron chi connectivity index (χ4n) is 3.44. The molecule has 1 fully saturated rings. The molecule has 2 aromatic rings. The van der Waals surface area contributed by atoms with Crippen molar-refractivity contribution in [3.05, 3.63) is 35.2 Å². The Morgan fingerprint density at radius 3 is 2.76 bits per heavy atom. The predicted molar refractivity (Wildman–Crippen MR) is 90.8 cm³/mol. The molecule has 2 N–H and O–H groups in total. The topological polar surface area (TPSA) is 32.3 Å². The summed E-state index contributed by atoms with van der Waals surface area (Å²) in [7, 11) is 0. The van der Waals surface area contributed by atoms with Crippen molar-refractivity contribution < 1.29 is 5.11 Å². The second-order valence-corrected chi connectivity index (χ2v) is 7.42. The van der Waals surface area contributed by atoms with Crippen LogP contribution in [0.3, 0.4) is 0 Å². The number of benzene rings is 1. The van der Waals surface area contributed by atoms with Gasteiger partial charge >= 0.3 is 0 Å². The van der Waals surface area contributed by atoms with E-state index in [-0.39, 0.29) is 0 Å². The molecule has 1 aliphatic rings. The SMILES string of the molecule is CC(NCC1CCCCC1CO)c1cc2ccccc2s1. The summed E-state index contributed by atoms with van der Waals surface area (Å²) in [5.74, 6) is 1.14. The second-order valence-electron chi connectivity index (χ2n) is 6.30. The maximum absolute atomic E-state index is 9.51. The molecule has 1 aliphatic carbocycles. The van der Waals surface area contributed by atoms with Crippen LogP contribution >= 0.6 is 11.3 Å². The summed E-state index contributed by atoms with van der Waals surface area (Å²) in [6.45, 7) is 3.63. The highest BCUT2D eigenvalue weighted by atomic mass is 32.1. The molecule has 1 saturated carbocycles. The van der Waals surface area contributed by atoms with Crippen LogP contribution in [-0.2, 0) is 0 Å². The van der Waals surface area contributed by atoms with Gasteiger partial charge in [-0.15, -0.1) is 11.3 Å². The van der Waals surface area contributed by atoms with Crippen molar-refractivity contribution in [2.24, 2.45) is 11.8 Å². The molecule has 3 atom stereocenters. The molecule has 1 aromatic carbocycles. The average molecular weight is 303 g/mol. The number of hydrogen-bond donors (Lipinski definition) is 2. The van der Waals surface area contributed by atoms with E-state index in [9.17, 15) is 5.11 Å². The molecule has 0 saturated heterocycles. The molecule has 0 radical (unpaired) electrons. The van der Waals surface area contributed by atoms with E-state index >= 15 is 0 Å². The highest BCUT2D eigenvalue weighted by molar-refractivity contribution is 7.19. The van der Waals surface area contributed by atoms with E-state index in [1.807, 2.05) is 11.3 Å². The van der Waals surface area contributed by atoms with E-state index in [0.717, 1.165) is 6.54 Å². The number of thiophene rings is 1. The van der Waals surface area contributed by atoms with Crippen molar-refractivity contribution >= 4 is 21.4 Å². The first-order valence-electron chi connectivity index (χ1n) is 8.10. The summed E-state index contributed by atoms with van der Waals surface area (Å²) in [6.07, 6.45) is 5.06. The Morgan fingerprint density at radius 2 is 2.00 bits per heavy atom. The van der Waals surface area contributed by atoms with Crippen molar-refractivity contribution in [3.63, 3.8) is 0 Å². The molecule has 0 spiro atoms. The molecular formula is C18H25NOS. The minimum atomic E-state index is 0.351. The van der Waals surface area contributed by atoms with E-state index in [2.05, 4.69) is 42.6 Å². The van der Waals surface area contributed by atoms with Gasteiger partial charge in [0.1, 0.15) is 0 Å². The molecular weight excluding hydrogens is 278 g/mol. The Hall–Kier alpha value is -0.900. The number of hydrogen-bond acceptors (Lipinski definition) is 3. The van der Waals surface area contributed by atoms with Crippen LogP contribution < -0.4 is 5.32 Å². The third kappa shape index (κ3) is 3.47. The monoisotopic (exact) mass is 303 g/mol. The van der Waals surface area contributed by atoms with Gasteiger partial charge in [0.2, 0.25) is 0 Å². The molecule has 0 amide bonds. The van der Waals surface area contributed by atoms with E-state index in [0.29, 0.717) is 24.5 Å². The van der Waals surface area contributed by atoms with Crippen LogP contribution in [0.2, 0.25) is 0 Å². The molecule has 1 heterocycles. The zero-order chi connectivity index (χ0) is 14.7. The van der Waals surface area contributed by atoms with Crippen molar-refractivity contribution in [3.8, 4) is 0 Å². The van der Waals surface area contributed by atoms with Gasteiger partial charge in [0.25, 0.3) is 0 Å². The lowest BCUT2D eigenvalue weighted by Gasteiger charge is -2.31. The van der Waals surface area contributed by atoms with Crippen LogP contribution in [0.1, 0.15) is 43.5 Å². The van der Waals surface area contributed by atoms with Crippen molar-refractivity contribution in [2.75, 3.05) is 13.2 Å². The molecule has 3 unspecified atom stereocenters. The van der Waals surface area contributed by atoms with Gasteiger partial charge in [-0.05, 0) is 55.7 Å². The summed E-state index contributed by atoms with van der Waals surface area (Å²) in [5, 5.41) is 14.6. The van der Waals surface area contributed by atoms with Gasteiger partial charge in [-0.2, -0.15) is 0 Å². The lowest BCUT2D eigenvalue weighted by molar-refractivity contribution is 0.131. The van der Waals surface area contributed by atoms with Crippen molar-refractivity contribution in [1.82, 2.24) is 5.32 Å². The van der Waals surface area contributed by atoms with Gasteiger partial charge in [0.05, 0.1) is 0 Å². The number of fused-ring (bicyclic) bond motifs is 1. The third-order valence-corrected chi connectivity index (χ3v) is 6.16. The highest BCUT2D eigenvalue weighted by Crippen LogP contribution is 2.32. The Bertz CT molecular complexity index is 546. The summed E-state index contributed by atoms with van der Waals surface area (Å²) in [6, 6.07) is 11.3. The molecule has 0 bridgehead atoms. The zero-order valence-electron chi connectivity index (χ0n) is 12.7. The standard InChI is InChI=1S/C18H25NOS/c1-13(18-10-14-6-4-5-9-17(14)21-18)19-11-15-7-2-3-8-16(15)12-20/h4-6,9-10,13,15-16,19-20H,2-3,7-8,11-12H2,1H3. The van der Waals surface area contributed by atoms with Crippen LogP contribution in [-0.4, -0.2) is 18.3 Å². The smallest absolute Gasteiger partial charge is 0.0462 e. The largest absolute Gasteiger partial charge is 0.396 e. The Balaban J connectivity index is 1.61. The molecule has 114 valence electrons. The van der Waals surface area contributed by atoms with Gasteiger partial charge < -0.3 is 10.4 Å². The third-order valence-electron chi connectivity index (χ3n) is 4.86. The van der Waals surface area contributed by atoms with Gasteiger partial charge in [-0.1, -0.05) is 31.0 Å². The normalized spacial score (nSPS) is 24.3. The molecule has 2 nitrogen and oxygen atoms in total. The zero-order valence-corrected chi connectivity index (χ0v) is 13.5. The van der Waals surface area contributed by atoms with Gasteiger partial charge in [0, 0.05) is 22.2 Å². The molecule has 3 rings (SSSR count). The van der Waals surface area contributed by atoms with Gasteiger partial charge in [-0.3, -0.25) is 0 Å². The summed E-state index contributed by atoms with van der Waals surface area (Å²) in [4.78, 5) is 1.41. The minimum absolute atomic E-state index is 0.351. The average Bonchev–Trinajstić information content (AvgIpc) is 2.97. The Morgan fingerprint density at radius 1 is 1.24 bits per heavy atom. The van der Waals surface area contributed by atoms with Crippen LogP contribution in [0.4, 0.5) is 0 Å². The Labute approximate surface area is 131 Å². The van der Waals surface area contributed by atoms with Crippen LogP contribution in [0.5, 0.6) is 0 Å². The Kier molecular flexibility index (Phi) is 4.94. The van der Waals surface area contributed by atoms with Crippen LogP contribution in [0, 0.1) is 11.8 Å². The summed E-state index contributed by atoms with van der Waals surface area (Å²) in [5.41, 5.74) is 0. The van der Waals surface area contributed by atoms with E-state index < -0.39 is 0 Å². The highest BCUT2D eigenvalue weighted by Gasteiger charge is 2.24. The predicted octanol–water partition coefficient (Wildman–Crippen LogP) is 4.35. The van der Waals surface area contributed by atoms with E-state index in [1.54, 1.807) is 0 Å². The van der Waals surface area contributed by atoms with E-state index in [4.69, 9.17) is 0 Å². The molecule has 0 aliphatic heterocycles. The maximum atomic E-state index is 9.51. The fraction of sp³-hybridized carbons (Fsp3) is 0.556.